The minimum Gasteiger partial charge on any atom is -1.00 e. The number of ketones is 1. The number of phenols is 4. The fourth-order valence-electron chi connectivity index (χ4n) is 6.04. The molecule has 4 aromatic rings. The Balaban J connectivity index is -0.000000784. The molecule has 364 valence electrons. The fraction of sp³-hybridized carbons (Fsp3) is 0.386. The first-order chi connectivity index (χ1) is 30.3. The van der Waals surface area contributed by atoms with Gasteiger partial charge < -0.3 is 54.5 Å². The van der Waals surface area contributed by atoms with Crippen LogP contribution in [0.2, 0.25) is 0 Å². The van der Waals surface area contributed by atoms with Gasteiger partial charge in [0.25, 0.3) is 0 Å². The van der Waals surface area contributed by atoms with Crippen LogP contribution in [-0.2, 0) is 5.60 Å². The number of Topliss-reactive ketones (excluding diaryl/α,β-unsaturated/α-hetero) is 1. The molecule has 8 nitrogen and oxygen atoms in total. The van der Waals surface area contributed by atoms with E-state index in [2.05, 4.69) is 39.0 Å². The minimum atomic E-state index is -0.982. The van der Waals surface area contributed by atoms with Crippen molar-refractivity contribution in [2.75, 3.05) is 0 Å². The number of aryl methyl sites for hydroxylation is 4. The van der Waals surface area contributed by atoms with Gasteiger partial charge in [0.05, 0.1) is 22.8 Å². The summed E-state index contributed by atoms with van der Waals surface area (Å²) in [5, 5.41) is 58.5. The van der Waals surface area contributed by atoms with E-state index in [0.29, 0.717) is 47.8 Å². The molecule has 0 spiro atoms. The van der Waals surface area contributed by atoms with Gasteiger partial charge in [0.1, 0.15) is 23.0 Å². The summed E-state index contributed by atoms with van der Waals surface area (Å²) in [5.74, 6) is 0.490. The molecule has 4 rings (SSSR count). The number of carbonyl (C=O) groups excluding carboxylic acids is 2. The third kappa shape index (κ3) is 29.8. The van der Waals surface area contributed by atoms with E-state index in [9.17, 15) is 35.1 Å². The van der Waals surface area contributed by atoms with Crippen LogP contribution in [0.15, 0.2) is 119 Å². The number of aliphatic hydroxyl groups excluding tert-OH is 1. The number of halogens is 1. The number of rotatable bonds is 14. The number of aldehydes is 1. The molecule has 0 saturated carbocycles. The smallest absolute Gasteiger partial charge is 1.00 e. The van der Waals surface area contributed by atoms with E-state index in [0.717, 1.165) is 47.9 Å². The van der Waals surface area contributed by atoms with Gasteiger partial charge in [-0.05, 0) is 181 Å². The van der Waals surface area contributed by atoms with E-state index in [4.69, 9.17) is 5.11 Å². The zero-order valence-electron chi connectivity index (χ0n) is 42.6. The van der Waals surface area contributed by atoms with Gasteiger partial charge in [0.15, 0.2) is 12.1 Å². The summed E-state index contributed by atoms with van der Waals surface area (Å²) in [7, 11) is 0. The molecular weight excluding hydrogens is 917 g/mol. The van der Waals surface area contributed by atoms with Gasteiger partial charge in [-0.2, -0.15) is 6.42 Å². The molecule has 0 heterocycles. The standard InChI is InChI=1S/C15H22O2.C14H20O2.C14H18O2.C8H8O2.C6H11.BrH.Mg/c1-11(2)6-5-9-15(4,17)13-8-7-12(3)10-14(13)16;2*1-10(2)5-4-6-13(15)12-8-7-11(3)9-14(12)16;1-6-2-3-7(5-9)8(10)4-6;1-4-5-6(2)3;;/h6-8,10,16-17H,5,9H2,1-4H3;5,7-9,13,15-16H,4,6H2,1-3H3;5,7-9,16H,4,6H2,1-3H3;2-5,10H,1H3;5H,1,4H2,2-3H3;1H;/q;;;;-1;;+2/p-1. The summed E-state index contributed by atoms with van der Waals surface area (Å²) >= 11 is 0. The Morgan fingerprint density at radius 3 is 1.48 bits per heavy atom. The van der Waals surface area contributed by atoms with Crippen LogP contribution in [0.4, 0.5) is 0 Å². The van der Waals surface area contributed by atoms with Gasteiger partial charge in [-0.15, -0.1) is 6.08 Å². The van der Waals surface area contributed by atoms with Crippen LogP contribution in [0.25, 0.3) is 0 Å². The van der Waals surface area contributed by atoms with Crippen molar-refractivity contribution in [3.05, 3.63) is 171 Å². The summed E-state index contributed by atoms with van der Waals surface area (Å²) in [4.78, 5) is 21.9. The average molecular weight is 996 g/mol. The molecule has 0 aliphatic heterocycles. The van der Waals surface area contributed by atoms with Crippen molar-refractivity contribution in [3.8, 4) is 23.0 Å². The van der Waals surface area contributed by atoms with Crippen LogP contribution in [0.1, 0.15) is 167 Å². The third-order valence-corrected chi connectivity index (χ3v) is 9.70. The summed E-state index contributed by atoms with van der Waals surface area (Å²) in [6.45, 7) is 29.3. The first kappa shape index (κ1) is 66.8. The molecule has 0 aromatic heterocycles. The maximum absolute atomic E-state index is 11.8. The number of carbonyl (C=O) groups is 2. The van der Waals surface area contributed by atoms with E-state index >= 15 is 0 Å². The van der Waals surface area contributed by atoms with Crippen molar-refractivity contribution in [1.82, 2.24) is 0 Å². The predicted octanol–water partition coefficient (Wildman–Crippen LogP) is 11.1. The molecule has 4 aromatic carbocycles. The summed E-state index contributed by atoms with van der Waals surface area (Å²) in [5.41, 5.74) is 9.95. The Bertz CT molecular complexity index is 2200. The molecule has 0 radical (unpaired) electrons. The van der Waals surface area contributed by atoms with E-state index in [-0.39, 0.29) is 68.8 Å². The van der Waals surface area contributed by atoms with Crippen LogP contribution >= 0.6 is 0 Å². The molecular formula is C57H79BrMgO8. The number of allylic oxidation sites excluding steroid dienone is 8. The molecule has 67 heavy (non-hydrogen) atoms. The van der Waals surface area contributed by atoms with Gasteiger partial charge in [-0.3, -0.25) is 9.59 Å². The van der Waals surface area contributed by atoms with Gasteiger partial charge in [-0.25, -0.2) is 0 Å². The van der Waals surface area contributed by atoms with Crippen LogP contribution in [-0.4, -0.2) is 65.8 Å². The maximum atomic E-state index is 11.8. The quantitative estimate of drug-likeness (QED) is 0.0240. The van der Waals surface area contributed by atoms with Gasteiger partial charge in [-0.1, -0.05) is 76.9 Å². The summed E-state index contributed by atoms with van der Waals surface area (Å²) in [6.07, 6.45) is 13.3. The SMILES string of the molecule is CC(C)=CCCC(=O)c1ccc(C)cc1O.CC(C)=CCCC(C)(O)c1ccc(C)cc1O.CC(C)=CCCC(O)c1ccc(C)cc1O.Cc1ccc(C=O)c(O)c1.[Br-].[CH2-]CC=C(C)C.[Mg+2]. The summed E-state index contributed by atoms with van der Waals surface area (Å²) < 4.78 is 0. The average Bonchev–Trinajstić information content (AvgIpc) is 3.18. The number of aliphatic hydroxyl groups is 2. The van der Waals surface area contributed by atoms with Crippen molar-refractivity contribution in [2.45, 2.75) is 147 Å². The van der Waals surface area contributed by atoms with Crippen molar-refractivity contribution < 1.29 is 57.2 Å². The molecule has 0 bridgehead atoms. The second-order valence-electron chi connectivity index (χ2n) is 17.6. The zero-order valence-corrected chi connectivity index (χ0v) is 45.6. The molecule has 2 unspecified atom stereocenters. The number of hydrogen-bond donors (Lipinski definition) is 6. The Labute approximate surface area is 430 Å². The fourth-order valence-corrected chi connectivity index (χ4v) is 6.04. The number of aromatic hydroxyl groups is 4. The van der Waals surface area contributed by atoms with Gasteiger partial charge >= 0.3 is 23.1 Å². The molecule has 0 saturated heterocycles. The van der Waals surface area contributed by atoms with Crippen LogP contribution in [0.3, 0.4) is 0 Å². The second kappa shape index (κ2) is 35.7. The molecule has 0 aliphatic rings. The van der Waals surface area contributed by atoms with Crippen molar-refractivity contribution in [2.24, 2.45) is 0 Å². The number of benzene rings is 4. The maximum Gasteiger partial charge on any atom is 2.00 e. The molecule has 0 amide bonds. The second-order valence-corrected chi connectivity index (χ2v) is 17.6. The predicted molar refractivity (Wildman–Crippen MR) is 277 cm³/mol. The van der Waals surface area contributed by atoms with E-state index in [1.807, 2.05) is 93.5 Å². The summed E-state index contributed by atoms with van der Waals surface area (Å²) in [6, 6.07) is 20.8. The zero-order chi connectivity index (χ0) is 49.9. The normalized spacial score (nSPS) is 11.0. The Morgan fingerprint density at radius 2 is 1.04 bits per heavy atom. The number of hydrogen-bond acceptors (Lipinski definition) is 8. The van der Waals surface area contributed by atoms with Crippen molar-refractivity contribution >= 4 is 35.1 Å². The molecule has 0 aliphatic carbocycles. The van der Waals surface area contributed by atoms with E-state index < -0.39 is 11.7 Å². The van der Waals surface area contributed by atoms with Gasteiger partial charge in [0.2, 0.25) is 0 Å². The first-order valence-corrected chi connectivity index (χ1v) is 22.2. The van der Waals surface area contributed by atoms with Crippen LogP contribution in [0.5, 0.6) is 23.0 Å². The molecule has 10 heteroatoms. The molecule has 6 N–H and O–H groups in total. The van der Waals surface area contributed by atoms with Crippen LogP contribution in [0, 0.1) is 34.6 Å². The van der Waals surface area contributed by atoms with Crippen LogP contribution < -0.4 is 17.0 Å². The monoisotopic (exact) mass is 994 g/mol. The van der Waals surface area contributed by atoms with E-state index in [1.165, 1.54) is 22.3 Å². The largest absolute Gasteiger partial charge is 2.00 e. The molecule has 2 atom stereocenters. The van der Waals surface area contributed by atoms with Crippen molar-refractivity contribution in [1.29, 1.82) is 0 Å². The Hall–Kier alpha value is -4.45. The van der Waals surface area contributed by atoms with E-state index in [1.54, 1.807) is 61.5 Å². The van der Waals surface area contributed by atoms with Gasteiger partial charge in [0, 0.05) is 17.5 Å². The van der Waals surface area contributed by atoms with Crippen molar-refractivity contribution in [3.63, 3.8) is 0 Å². The minimum absolute atomic E-state index is 0. The number of phenolic OH excluding ortho intramolecular Hbond substituents is 4. The molecule has 0 fully saturated rings. The Morgan fingerprint density at radius 1 is 0.612 bits per heavy atom. The Kier molecular flexibility index (Phi) is 35.6. The first-order valence-electron chi connectivity index (χ1n) is 22.2. The topological polar surface area (TPSA) is 156 Å². The third-order valence-electron chi connectivity index (χ3n) is 9.70.